The molecule has 0 radical (unpaired) electrons. The molecule has 30 heavy (non-hydrogen) atoms. The number of hydrogen-bond donors (Lipinski definition) is 0. The minimum atomic E-state index is -2.86. The van der Waals surface area contributed by atoms with Crippen molar-refractivity contribution in [1.82, 2.24) is 4.90 Å². The molecule has 0 saturated carbocycles. The molecule has 1 fully saturated rings. The summed E-state index contributed by atoms with van der Waals surface area (Å²) < 4.78 is 43.0. The van der Waals surface area contributed by atoms with Gasteiger partial charge >= 0.3 is 6.61 Å². The van der Waals surface area contributed by atoms with Crippen LogP contribution in [0, 0.1) is 5.82 Å². The SMILES string of the molecule is CC(=O)c1ccc(N2CCN(C(=O)CCc3ccc(OC(F)F)cc3)CC2)c(F)c1. The molecular weight excluding hydrogens is 397 g/mol. The van der Waals surface area contributed by atoms with Gasteiger partial charge in [-0.05, 0) is 49.2 Å². The van der Waals surface area contributed by atoms with Crippen molar-refractivity contribution in [1.29, 1.82) is 0 Å². The Hall–Kier alpha value is -3.03. The Morgan fingerprint density at radius 2 is 1.70 bits per heavy atom. The molecular formula is C22H23F3N2O3. The Morgan fingerprint density at radius 3 is 2.27 bits per heavy atom. The first-order valence-electron chi connectivity index (χ1n) is 9.70. The van der Waals surface area contributed by atoms with Gasteiger partial charge in [0.25, 0.3) is 0 Å². The number of ketones is 1. The lowest BCUT2D eigenvalue weighted by molar-refractivity contribution is -0.131. The van der Waals surface area contributed by atoms with Gasteiger partial charge in [-0.25, -0.2) is 4.39 Å². The minimum absolute atomic E-state index is 0.00467. The zero-order valence-electron chi connectivity index (χ0n) is 16.6. The number of alkyl halides is 2. The second kappa shape index (κ2) is 9.65. The van der Waals surface area contributed by atoms with Crippen LogP contribution in [0.1, 0.15) is 29.3 Å². The first-order chi connectivity index (χ1) is 14.3. The fraction of sp³-hybridized carbons (Fsp3) is 0.364. The number of amides is 1. The Kier molecular flexibility index (Phi) is 6.97. The van der Waals surface area contributed by atoms with Gasteiger partial charge in [0.1, 0.15) is 11.6 Å². The van der Waals surface area contributed by atoms with Gasteiger partial charge in [0.2, 0.25) is 5.91 Å². The molecule has 2 aromatic rings. The molecule has 0 aromatic heterocycles. The summed E-state index contributed by atoms with van der Waals surface area (Å²) in [7, 11) is 0. The fourth-order valence-corrected chi connectivity index (χ4v) is 3.43. The second-order valence-corrected chi connectivity index (χ2v) is 7.11. The van der Waals surface area contributed by atoms with E-state index in [1.54, 1.807) is 29.2 Å². The van der Waals surface area contributed by atoms with Crippen molar-refractivity contribution in [2.75, 3.05) is 31.1 Å². The van der Waals surface area contributed by atoms with Crippen LogP contribution in [-0.4, -0.2) is 49.4 Å². The lowest BCUT2D eigenvalue weighted by Gasteiger charge is -2.36. The highest BCUT2D eigenvalue weighted by Crippen LogP contribution is 2.23. The van der Waals surface area contributed by atoms with E-state index >= 15 is 0 Å². The monoisotopic (exact) mass is 420 g/mol. The summed E-state index contributed by atoms with van der Waals surface area (Å²) in [6.07, 6.45) is 0.797. The number of piperazine rings is 1. The van der Waals surface area contributed by atoms with Crippen molar-refractivity contribution < 1.29 is 27.5 Å². The number of ether oxygens (including phenoxy) is 1. The zero-order chi connectivity index (χ0) is 21.7. The smallest absolute Gasteiger partial charge is 0.387 e. The van der Waals surface area contributed by atoms with E-state index in [2.05, 4.69) is 4.74 Å². The summed E-state index contributed by atoms with van der Waals surface area (Å²) in [5.74, 6) is -0.552. The maximum Gasteiger partial charge on any atom is 0.387 e. The number of aryl methyl sites for hydroxylation is 1. The molecule has 0 bridgehead atoms. The molecule has 1 amide bonds. The molecule has 1 saturated heterocycles. The third kappa shape index (κ3) is 5.52. The largest absolute Gasteiger partial charge is 0.435 e. The number of carbonyl (C=O) groups excluding carboxylic acids is 2. The normalized spacial score (nSPS) is 14.2. The minimum Gasteiger partial charge on any atom is -0.435 e. The van der Waals surface area contributed by atoms with Gasteiger partial charge in [-0.15, -0.1) is 0 Å². The first-order valence-corrected chi connectivity index (χ1v) is 9.70. The molecule has 3 rings (SSSR count). The zero-order valence-corrected chi connectivity index (χ0v) is 16.6. The highest BCUT2D eigenvalue weighted by molar-refractivity contribution is 5.94. The average molecular weight is 420 g/mol. The third-order valence-corrected chi connectivity index (χ3v) is 5.10. The predicted octanol–water partition coefficient (Wildman–Crippen LogP) is 3.91. The Morgan fingerprint density at radius 1 is 1.03 bits per heavy atom. The Labute approximate surface area is 173 Å². The van der Waals surface area contributed by atoms with E-state index < -0.39 is 12.4 Å². The van der Waals surface area contributed by atoms with Crippen LogP contribution >= 0.6 is 0 Å². The van der Waals surface area contributed by atoms with Crippen LogP contribution < -0.4 is 9.64 Å². The topological polar surface area (TPSA) is 49.9 Å². The third-order valence-electron chi connectivity index (χ3n) is 5.10. The summed E-state index contributed by atoms with van der Waals surface area (Å²) in [5.41, 5.74) is 1.62. The van der Waals surface area contributed by atoms with Crippen molar-refractivity contribution in [2.45, 2.75) is 26.4 Å². The highest BCUT2D eigenvalue weighted by atomic mass is 19.3. The van der Waals surface area contributed by atoms with Crippen molar-refractivity contribution >= 4 is 17.4 Å². The van der Waals surface area contributed by atoms with E-state index in [0.29, 0.717) is 50.3 Å². The van der Waals surface area contributed by atoms with E-state index in [-0.39, 0.29) is 17.4 Å². The summed E-state index contributed by atoms with van der Waals surface area (Å²) in [5, 5.41) is 0. The van der Waals surface area contributed by atoms with E-state index in [1.807, 2.05) is 4.90 Å². The molecule has 0 N–H and O–H groups in total. The number of halogens is 3. The fourth-order valence-electron chi connectivity index (χ4n) is 3.43. The maximum atomic E-state index is 14.3. The average Bonchev–Trinajstić information content (AvgIpc) is 2.72. The standard InChI is InChI=1S/C22H23F3N2O3/c1-15(28)17-5-8-20(19(23)14-17)26-10-12-27(13-11-26)21(29)9-4-16-2-6-18(7-3-16)30-22(24)25/h2-3,5-8,14,22H,4,9-13H2,1H3. The summed E-state index contributed by atoms with van der Waals surface area (Å²) in [6.45, 7) is 0.493. The Bertz CT molecular complexity index is 895. The van der Waals surface area contributed by atoms with Crippen molar-refractivity contribution in [3.05, 3.63) is 59.4 Å². The lowest BCUT2D eigenvalue weighted by Crippen LogP contribution is -2.49. The van der Waals surface area contributed by atoms with Gasteiger partial charge in [-0.3, -0.25) is 9.59 Å². The van der Waals surface area contributed by atoms with Crippen molar-refractivity contribution in [2.24, 2.45) is 0 Å². The van der Waals surface area contributed by atoms with Crippen LogP contribution in [0.25, 0.3) is 0 Å². The Balaban J connectivity index is 1.49. The van der Waals surface area contributed by atoms with Gasteiger partial charge in [-0.1, -0.05) is 12.1 Å². The predicted molar refractivity (Wildman–Crippen MR) is 107 cm³/mol. The number of benzene rings is 2. The van der Waals surface area contributed by atoms with E-state index in [1.165, 1.54) is 25.1 Å². The molecule has 1 aliphatic rings. The summed E-state index contributed by atoms with van der Waals surface area (Å²) in [6, 6.07) is 10.7. The molecule has 0 aliphatic carbocycles. The molecule has 2 aromatic carbocycles. The number of Topliss-reactive ketones (excluding diaryl/α,β-unsaturated/α-hetero) is 1. The lowest BCUT2D eigenvalue weighted by atomic mass is 10.1. The summed E-state index contributed by atoms with van der Waals surface area (Å²) >= 11 is 0. The molecule has 160 valence electrons. The van der Waals surface area contributed by atoms with Crippen LogP contribution in [0.15, 0.2) is 42.5 Å². The quantitative estimate of drug-likeness (QED) is 0.638. The molecule has 1 aliphatic heterocycles. The van der Waals surface area contributed by atoms with Crippen molar-refractivity contribution in [3.8, 4) is 5.75 Å². The van der Waals surface area contributed by atoms with Crippen LogP contribution in [0.4, 0.5) is 18.9 Å². The van der Waals surface area contributed by atoms with Gasteiger partial charge in [-0.2, -0.15) is 8.78 Å². The van der Waals surface area contributed by atoms with Gasteiger partial charge < -0.3 is 14.5 Å². The first kappa shape index (κ1) is 21.7. The van der Waals surface area contributed by atoms with Crippen LogP contribution in [0.3, 0.4) is 0 Å². The number of hydrogen-bond acceptors (Lipinski definition) is 4. The highest BCUT2D eigenvalue weighted by Gasteiger charge is 2.23. The second-order valence-electron chi connectivity index (χ2n) is 7.11. The number of carbonyl (C=O) groups is 2. The van der Waals surface area contributed by atoms with Crippen LogP contribution in [-0.2, 0) is 11.2 Å². The van der Waals surface area contributed by atoms with Gasteiger partial charge in [0, 0.05) is 38.2 Å². The summed E-state index contributed by atoms with van der Waals surface area (Å²) in [4.78, 5) is 27.5. The van der Waals surface area contributed by atoms with E-state index in [0.717, 1.165) is 5.56 Å². The molecule has 8 heteroatoms. The molecule has 0 atom stereocenters. The van der Waals surface area contributed by atoms with Crippen LogP contribution in [0.2, 0.25) is 0 Å². The van der Waals surface area contributed by atoms with Gasteiger partial charge in [0.15, 0.2) is 5.78 Å². The van der Waals surface area contributed by atoms with E-state index in [4.69, 9.17) is 0 Å². The number of rotatable bonds is 7. The molecule has 0 spiro atoms. The maximum absolute atomic E-state index is 14.3. The van der Waals surface area contributed by atoms with Crippen LogP contribution in [0.5, 0.6) is 5.75 Å². The van der Waals surface area contributed by atoms with E-state index in [9.17, 15) is 22.8 Å². The van der Waals surface area contributed by atoms with Crippen molar-refractivity contribution in [3.63, 3.8) is 0 Å². The molecule has 5 nitrogen and oxygen atoms in total. The van der Waals surface area contributed by atoms with Gasteiger partial charge in [0.05, 0.1) is 5.69 Å². The molecule has 0 unspecified atom stereocenters. The number of nitrogens with zero attached hydrogens (tertiary/aromatic N) is 2. The number of anilines is 1. The molecule has 1 heterocycles.